The van der Waals surface area contributed by atoms with Gasteiger partial charge in [-0.05, 0) is 54.4 Å². The Balaban J connectivity index is 1.57. The second-order valence-electron chi connectivity index (χ2n) is 9.32. The summed E-state index contributed by atoms with van der Waals surface area (Å²) in [6, 6.07) is 20.4. The van der Waals surface area contributed by atoms with E-state index in [1.807, 2.05) is 30.3 Å². The van der Waals surface area contributed by atoms with Crippen LogP contribution in [-0.2, 0) is 21.4 Å². The van der Waals surface area contributed by atoms with Crippen molar-refractivity contribution in [3.63, 3.8) is 0 Å². The van der Waals surface area contributed by atoms with Gasteiger partial charge in [0.2, 0.25) is 15.9 Å². The van der Waals surface area contributed by atoms with Crippen molar-refractivity contribution < 1.29 is 22.3 Å². The predicted molar refractivity (Wildman–Crippen MR) is 147 cm³/mol. The maximum absolute atomic E-state index is 14.1. The Labute approximate surface area is 227 Å². The molecule has 1 aliphatic heterocycles. The van der Waals surface area contributed by atoms with E-state index in [0.29, 0.717) is 16.7 Å². The van der Waals surface area contributed by atoms with Gasteiger partial charge < -0.3 is 9.64 Å². The SMILES string of the molecule is COc1ccc([C@H]2/C=C\CN(S(=O)(=O)c3cccc4cccnc34)[C@@H](C)C(=O)N2Cc2ccc(F)cc2)cc1. The van der Waals surface area contributed by atoms with E-state index in [9.17, 15) is 17.6 Å². The maximum atomic E-state index is 14.1. The fourth-order valence-electron chi connectivity index (χ4n) is 4.83. The van der Waals surface area contributed by atoms with Crippen molar-refractivity contribution in [1.29, 1.82) is 0 Å². The van der Waals surface area contributed by atoms with Crippen molar-refractivity contribution in [3.05, 3.63) is 114 Å². The number of carbonyl (C=O) groups is 1. The summed E-state index contributed by atoms with van der Waals surface area (Å²) in [4.78, 5) is 20.1. The van der Waals surface area contributed by atoms with Gasteiger partial charge in [0, 0.05) is 24.7 Å². The standard InChI is InChI=1S/C30H28FN3O4S/c1-21-30(35)33(20-22-10-14-25(31)15-11-22)27(23-12-16-26(38-2)17-13-23)8-5-19-34(21)39(36,37)28-9-3-6-24-7-4-18-32-29(24)28/h3-18,21,27H,19-20H2,1-2H3/b8-5-/t21-,27+/m0/s1. The van der Waals surface area contributed by atoms with Crippen molar-refractivity contribution >= 4 is 26.8 Å². The van der Waals surface area contributed by atoms with Gasteiger partial charge in [-0.15, -0.1) is 0 Å². The van der Waals surface area contributed by atoms with E-state index in [4.69, 9.17) is 4.74 Å². The van der Waals surface area contributed by atoms with Crippen LogP contribution in [0.4, 0.5) is 4.39 Å². The molecule has 2 heterocycles. The van der Waals surface area contributed by atoms with Crippen LogP contribution in [-0.4, -0.2) is 48.2 Å². The topological polar surface area (TPSA) is 79.8 Å². The van der Waals surface area contributed by atoms with Crippen LogP contribution in [0, 0.1) is 5.82 Å². The van der Waals surface area contributed by atoms with Crippen molar-refractivity contribution in [1.82, 2.24) is 14.2 Å². The first-order chi connectivity index (χ1) is 18.8. The maximum Gasteiger partial charge on any atom is 0.246 e. The first-order valence-corrected chi connectivity index (χ1v) is 13.9. The van der Waals surface area contributed by atoms with Crippen LogP contribution >= 0.6 is 0 Å². The molecule has 0 unspecified atom stereocenters. The molecule has 7 nitrogen and oxygen atoms in total. The summed E-state index contributed by atoms with van der Waals surface area (Å²) in [5, 5.41) is 0.692. The Hall–Kier alpha value is -4.08. The summed E-state index contributed by atoms with van der Waals surface area (Å²) in [7, 11) is -2.52. The molecule has 2 atom stereocenters. The van der Waals surface area contributed by atoms with Crippen LogP contribution in [0.3, 0.4) is 0 Å². The number of hydrogen-bond acceptors (Lipinski definition) is 5. The zero-order chi connectivity index (χ0) is 27.6. The number of amides is 1. The van der Waals surface area contributed by atoms with Crippen molar-refractivity contribution in [2.45, 2.75) is 30.4 Å². The second kappa shape index (κ2) is 11.0. The van der Waals surface area contributed by atoms with Gasteiger partial charge in [0.1, 0.15) is 22.5 Å². The molecular formula is C30H28FN3O4S. The van der Waals surface area contributed by atoms with Gasteiger partial charge >= 0.3 is 0 Å². The smallest absolute Gasteiger partial charge is 0.246 e. The molecule has 0 aliphatic carbocycles. The van der Waals surface area contributed by atoms with Crippen LogP contribution in [0.5, 0.6) is 5.75 Å². The van der Waals surface area contributed by atoms with Crippen molar-refractivity contribution in [3.8, 4) is 5.75 Å². The molecule has 1 aliphatic rings. The number of methoxy groups -OCH3 is 1. The number of benzene rings is 3. The molecule has 3 aromatic carbocycles. The first kappa shape index (κ1) is 26.5. The number of sulfonamides is 1. The summed E-state index contributed by atoms with van der Waals surface area (Å²) in [6.07, 6.45) is 5.15. The number of halogens is 1. The Kier molecular flexibility index (Phi) is 7.45. The van der Waals surface area contributed by atoms with E-state index >= 15 is 0 Å². The molecule has 4 aromatic rings. The number of pyridine rings is 1. The molecule has 0 fully saturated rings. The normalized spacial score (nSPS) is 19.5. The molecule has 0 spiro atoms. The van der Waals surface area contributed by atoms with Gasteiger partial charge in [0.05, 0.1) is 18.7 Å². The summed E-state index contributed by atoms with van der Waals surface area (Å²) in [5.41, 5.74) is 1.91. The van der Waals surface area contributed by atoms with Crippen LogP contribution in [0.25, 0.3) is 10.9 Å². The van der Waals surface area contributed by atoms with Crippen molar-refractivity contribution in [2.75, 3.05) is 13.7 Å². The Morgan fingerprint density at radius 3 is 2.44 bits per heavy atom. The third kappa shape index (κ3) is 5.28. The lowest BCUT2D eigenvalue weighted by atomic mass is 10.0. The zero-order valence-corrected chi connectivity index (χ0v) is 22.4. The van der Waals surface area contributed by atoms with Crippen LogP contribution in [0.1, 0.15) is 24.1 Å². The van der Waals surface area contributed by atoms with Gasteiger partial charge in [-0.1, -0.05) is 54.6 Å². The summed E-state index contributed by atoms with van der Waals surface area (Å²) in [6.45, 7) is 1.77. The minimum Gasteiger partial charge on any atom is -0.497 e. The zero-order valence-electron chi connectivity index (χ0n) is 21.6. The second-order valence-corrected chi connectivity index (χ2v) is 11.2. The highest BCUT2D eigenvalue weighted by molar-refractivity contribution is 7.89. The lowest BCUT2D eigenvalue weighted by Gasteiger charge is -2.37. The van der Waals surface area contributed by atoms with Gasteiger partial charge in [0.25, 0.3) is 0 Å². The van der Waals surface area contributed by atoms with Crippen LogP contribution < -0.4 is 4.74 Å². The lowest BCUT2D eigenvalue weighted by molar-refractivity contribution is -0.137. The number of fused-ring (bicyclic) bond motifs is 1. The Morgan fingerprint density at radius 2 is 1.72 bits per heavy atom. The molecule has 0 N–H and O–H groups in total. The summed E-state index contributed by atoms with van der Waals surface area (Å²) in [5.74, 6) is -0.0701. The summed E-state index contributed by atoms with van der Waals surface area (Å²) >= 11 is 0. The van der Waals surface area contributed by atoms with E-state index in [1.165, 1.54) is 22.5 Å². The monoisotopic (exact) mass is 545 g/mol. The average molecular weight is 546 g/mol. The number of carbonyl (C=O) groups excluding carboxylic acids is 1. The van der Waals surface area contributed by atoms with E-state index < -0.39 is 22.1 Å². The van der Waals surface area contributed by atoms with Gasteiger partial charge in [-0.25, -0.2) is 12.8 Å². The van der Waals surface area contributed by atoms with Gasteiger partial charge in [-0.3, -0.25) is 9.78 Å². The quantitative estimate of drug-likeness (QED) is 0.315. The molecule has 1 amide bonds. The number of rotatable bonds is 6. The van der Waals surface area contributed by atoms with E-state index in [-0.39, 0.29) is 29.7 Å². The Bertz CT molecular complexity index is 1620. The minimum atomic E-state index is -4.10. The highest BCUT2D eigenvalue weighted by Crippen LogP contribution is 2.32. The fourth-order valence-corrected chi connectivity index (χ4v) is 6.53. The molecule has 0 saturated heterocycles. The number of aromatic nitrogens is 1. The molecule has 0 saturated carbocycles. The predicted octanol–water partition coefficient (Wildman–Crippen LogP) is 5.10. The van der Waals surface area contributed by atoms with Gasteiger partial charge in [-0.2, -0.15) is 4.31 Å². The number of hydrogen-bond donors (Lipinski definition) is 0. The highest BCUT2D eigenvalue weighted by Gasteiger charge is 2.38. The molecule has 9 heteroatoms. The number of para-hydroxylation sites is 1. The van der Waals surface area contributed by atoms with E-state index in [1.54, 1.807) is 67.6 Å². The van der Waals surface area contributed by atoms with E-state index in [2.05, 4.69) is 4.98 Å². The first-order valence-electron chi connectivity index (χ1n) is 12.5. The third-order valence-corrected chi connectivity index (χ3v) is 8.89. The molecule has 0 bridgehead atoms. The molecule has 200 valence electrons. The number of ether oxygens (including phenoxy) is 1. The summed E-state index contributed by atoms with van der Waals surface area (Å²) < 4.78 is 48.0. The lowest BCUT2D eigenvalue weighted by Crippen LogP contribution is -2.51. The highest BCUT2D eigenvalue weighted by atomic mass is 32.2. The van der Waals surface area contributed by atoms with Crippen LogP contribution in [0.15, 0.2) is 102 Å². The largest absolute Gasteiger partial charge is 0.497 e. The Morgan fingerprint density at radius 1 is 1.00 bits per heavy atom. The average Bonchev–Trinajstić information content (AvgIpc) is 2.95. The fraction of sp³-hybridized carbons (Fsp3) is 0.200. The van der Waals surface area contributed by atoms with Crippen LogP contribution in [0.2, 0.25) is 0 Å². The molecule has 39 heavy (non-hydrogen) atoms. The molecule has 5 rings (SSSR count). The van der Waals surface area contributed by atoms with Crippen molar-refractivity contribution in [2.24, 2.45) is 0 Å². The number of nitrogens with zero attached hydrogens (tertiary/aromatic N) is 3. The molecule has 0 radical (unpaired) electrons. The van der Waals surface area contributed by atoms with Gasteiger partial charge in [0.15, 0.2) is 0 Å². The third-order valence-electron chi connectivity index (χ3n) is 6.92. The molecular weight excluding hydrogens is 517 g/mol. The molecule has 1 aromatic heterocycles. The van der Waals surface area contributed by atoms with E-state index in [0.717, 1.165) is 11.1 Å². The minimum absolute atomic E-state index is 0.00943.